The summed E-state index contributed by atoms with van der Waals surface area (Å²) in [7, 11) is 1.78. The van der Waals surface area contributed by atoms with Crippen LogP contribution in [-0.4, -0.2) is 46.2 Å². The molecule has 1 saturated heterocycles. The van der Waals surface area contributed by atoms with Crippen molar-refractivity contribution in [3.05, 3.63) is 12.2 Å². The van der Waals surface area contributed by atoms with Gasteiger partial charge in [-0.15, -0.1) is 0 Å². The number of carbonyl (C=O) groups excluding carboxylic acids is 1. The third-order valence-electron chi connectivity index (χ3n) is 2.74. The minimum atomic E-state index is 0.00155. The normalized spacial score (nSPS) is 20.7. The molecular formula is C10H16N4O2. The number of carbonyl (C=O) groups is 1. The Labute approximate surface area is 94.0 Å². The molecule has 2 heterocycles. The molecule has 1 fully saturated rings. The number of H-pyrrole nitrogens is 1. The molecule has 0 spiro atoms. The summed E-state index contributed by atoms with van der Waals surface area (Å²) in [6.45, 7) is 1.78. The Balaban J connectivity index is 1.88. The van der Waals surface area contributed by atoms with Gasteiger partial charge in [0, 0.05) is 13.7 Å². The van der Waals surface area contributed by atoms with Crippen molar-refractivity contribution in [3.63, 3.8) is 0 Å². The Morgan fingerprint density at radius 3 is 3.25 bits per heavy atom. The van der Waals surface area contributed by atoms with E-state index in [1.165, 1.54) is 6.33 Å². The van der Waals surface area contributed by atoms with Gasteiger partial charge in [0.1, 0.15) is 12.2 Å². The highest BCUT2D eigenvalue weighted by Gasteiger charge is 2.24. The summed E-state index contributed by atoms with van der Waals surface area (Å²) in [6.07, 6.45) is 3.32. The number of nitrogens with one attached hydrogen (secondary N) is 1. The fraction of sp³-hybridized carbons (Fsp3) is 0.700. The van der Waals surface area contributed by atoms with Gasteiger partial charge in [0.2, 0.25) is 5.91 Å². The molecule has 1 atom stereocenters. The lowest BCUT2D eigenvalue weighted by atomic mass is 10.0. The van der Waals surface area contributed by atoms with E-state index in [9.17, 15) is 4.79 Å². The zero-order valence-corrected chi connectivity index (χ0v) is 9.35. The summed E-state index contributed by atoms with van der Waals surface area (Å²) in [5.41, 5.74) is 0. The zero-order chi connectivity index (χ0) is 11.4. The van der Waals surface area contributed by atoms with E-state index in [0.717, 1.165) is 19.4 Å². The van der Waals surface area contributed by atoms with Crippen LogP contribution in [0.3, 0.4) is 0 Å². The largest absolute Gasteiger partial charge is 0.381 e. The molecule has 1 aliphatic heterocycles. The Morgan fingerprint density at radius 2 is 2.62 bits per heavy atom. The van der Waals surface area contributed by atoms with Crippen LogP contribution in [0.4, 0.5) is 0 Å². The maximum Gasteiger partial charge on any atom is 0.228 e. The second-order valence-electron chi connectivity index (χ2n) is 4.04. The van der Waals surface area contributed by atoms with Gasteiger partial charge in [-0.3, -0.25) is 9.89 Å². The van der Waals surface area contributed by atoms with Crippen LogP contribution in [0.5, 0.6) is 0 Å². The molecule has 6 nitrogen and oxygen atoms in total. The van der Waals surface area contributed by atoms with Crippen molar-refractivity contribution in [3.8, 4) is 0 Å². The first-order valence-electron chi connectivity index (χ1n) is 5.44. The van der Waals surface area contributed by atoms with Gasteiger partial charge in [-0.1, -0.05) is 0 Å². The summed E-state index contributed by atoms with van der Waals surface area (Å²) in [5, 5.41) is 6.49. The zero-order valence-electron chi connectivity index (χ0n) is 9.35. The highest BCUT2D eigenvalue weighted by molar-refractivity contribution is 5.78. The predicted molar refractivity (Wildman–Crippen MR) is 56.4 cm³/mol. The van der Waals surface area contributed by atoms with E-state index in [1.807, 2.05) is 0 Å². The third-order valence-corrected chi connectivity index (χ3v) is 2.74. The molecule has 0 aliphatic carbocycles. The quantitative estimate of drug-likeness (QED) is 0.795. The molecule has 1 aromatic heterocycles. The molecule has 1 unspecified atom stereocenters. The van der Waals surface area contributed by atoms with Gasteiger partial charge in [-0.25, -0.2) is 4.98 Å². The first-order chi connectivity index (χ1) is 7.77. The van der Waals surface area contributed by atoms with Crippen molar-refractivity contribution < 1.29 is 9.53 Å². The highest BCUT2D eigenvalue weighted by atomic mass is 16.5. The molecule has 6 heteroatoms. The van der Waals surface area contributed by atoms with Crippen LogP contribution >= 0.6 is 0 Å². The third kappa shape index (κ3) is 2.57. The van der Waals surface area contributed by atoms with E-state index in [-0.39, 0.29) is 11.8 Å². The number of amides is 1. The maximum atomic E-state index is 12.0. The van der Waals surface area contributed by atoms with Crippen LogP contribution in [0.1, 0.15) is 18.7 Å². The summed E-state index contributed by atoms with van der Waals surface area (Å²) in [6, 6.07) is 0. The van der Waals surface area contributed by atoms with Gasteiger partial charge in [0.05, 0.1) is 19.1 Å². The molecular weight excluding hydrogens is 208 g/mol. The van der Waals surface area contributed by atoms with Crippen LogP contribution in [-0.2, 0) is 16.1 Å². The molecule has 88 valence electrons. The van der Waals surface area contributed by atoms with E-state index in [4.69, 9.17) is 4.74 Å². The minimum absolute atomic E-state index is 0.00155. The minimum Gasteiger partial charge on any atom is -0.381 e. The lowest BCUT2D eigenvalue weighted by Gasteiger charge is -2.25. The van der Waals surface area contributed by atoms with Crippen LogP contribution in [0.2, 0.25) is 0 Å². The van der Waals surface area contributed by atoms with E-state index in [0.29, 0.717) is 19.0 Å². The van der Waals surface area contributed by atoms with Crippen LogP contribution < -0.4 is 0 Å². The molecule has 0 saturated carbocycles. The molecule has 1 aromatic rings. The Hall–Kier alpha value is -1.43. The fourth-order valence-corrected chi connectivity index (χ4v) is 1.86. The van der Waals surface area contributed by atoms with Crippen molar-refractivity contribution in [1.29, 1.82) is 0 Å². The standard InChI is InChI=1S/C10H16N4O2/c1-14(5-9-11-7-12-13-9)10(15)8-3-2-4-16-6-8/h7-8H,2-6H2,1H3,(H,11,12,13). The molecule has 1 amide bonds. The SMILES string of the molecule is CN(Cc1ncn[nH]1)C(=O)C1CCCOC1. The van der Waals surface area contributed by atoms with E-state index in [1.54, 1.807) is 11.9 Å². The predicted octanol–water partition coefficient (Wildman–Crippen LogP) is 0.190. The average Bonchev–Trinajstić information content (AvgIpc) is 2.82. The Morgan fingerprint density at radius 1 is 1.75 bits per heavy atom. The lowest BCUT2D eigenvalue weighted by molar-refractivity contribution is -0.139. The van der Waals surface area contributed by atoms with Crippen LogP contribution in [0.15, 0.2) is 6.33 Å². The van der Waals surface area contributed by atoms with Crippen molar-refractivity contribution >= 4 is 5.91 Å². The summed E-state index contributed by atoms with van der Waals surface area (Å²) >= 11 is 0. The number of hydrogen-bond donors (Lipinski definition) is 1. The van der Waals surface area contributed by atoms with Gasteiger partial charge in [0.25, 0.3) is 0 Å². The number of ether oxygens (including phenoxy) is 1. The fourth-order valence-electron chi connectivity index (χ4n) is 1.86. The summed E-state index contributed by atoms with van der Waals surface area (Å²) in [5.74, 6) is 0.824. The Kier molecular flexibility index (Phi) is 3.51. The topological polar surface area (TPSA) is 71.1 Å². The highest BCUT2D eigenvalue weighted by Crippen LogP contribution is 2.16. The van der Waals surface area contributed by atoms with Crippen molar-refractivity contribution in [2.24, 2.45) is 5.92 Å². The van der Waals surface area contributed by atoms with Crippen molar-refractivity contribution in [1.82, 2.24) is 20.1 Å². The Bertz CT molecular complexity index is 333. The van der Waals surface area contributed by atoms with Gasteiger partial charge in [-0.05, 0) is 12.8 Å². The van der Waals surface area contributed by atoms with Gasteiger partial charge < -0.3 is 9.64 Å². The monoisotopic (exact) mass is 224 g/mol. The lowest BCUT2D eigenvalue weighted by Crippen LogP contribution is -2.36. The number of aromatic amines is 1. The molecule has 1 aliphatic rings. The van der Waals surface area contributed by atoms with Gasteiger partial charge in [0.15, 0.2) is 0 Å². The molecule has 2 rings (SSSR count). The average molecular weight is 224 g/mol. The van der Waals surface area contributed by atoms with Crippen molar-refractivity contribution in [2.75, 3.05) is 20.3 Å². The van der Waals surface area contributed by atoms with Crippen LogP contribution in [0.25, 0.3) is 0 Å². The summed E-state index contributed by atoms with van der Waals surface area (Å²) in [4.78, 5) is 17.7. The first-order valence-corrected chi connectivity index (χ1v) is 5.44. The molecule has 16 heavy (non-hydrogen) atoms. The summed E-state index contributed by atoms with van der Waals surface area (Å²) < 4.78 is 5.31. The van der Waals surface area contributed by atoms with E-state index in [2.05, 4.69) is 15.2 Å². The van der Waals surface area contributed by atoms with Crippen LogP contribution in [0, 0.1) is 5.92 Å². The van der Waals surface area contributed by atoms with Crippen molar-refractivity contribution in [2.45, 2.75) is 19.4 Å². The van der Waals surface area contributed by atoms with Gasteiger partial charge >= 0.3 is 0 Å². The molecule has 0 radical (unpaired) electrons. The van der Waals surface area contributed by atoms with E-state index < -0.39 is 0 Å². The number of rotatable bonds is 3. The van der Waals surface area contributed by atoms with E-state index >= 15 is 0 Å². The number of hydrogen-bond acceptors (Lipinski definition) is 4. The smallest absolute Gasteiger partial charge is 0.228 e. The second-order valence-corrected chi connectivity index (χ2v) is 4.04. The number of nitrogens with zero attached hydrogens (tertiary/aromatic N) is 3. The molecule has 0 aromatic carbocycles. The van der Waals surface area contributed by atoms with Gasteiger partial charge in [-0.2, -0.15) is 5.10 Å². The maximum absolute atomic E-state index is 12.0. The number of aromatic nitrogens is 3. The first kappa shape index (κ1) is 11.1. The molecule has 1 N–H and O–H groups in total. The molecule has 0 bridgehead atoms. The second kappa shape index (κ2) is 5.07.